The number of hydrogen-bond donors (Lipinski definition) is 1. The number of rotatable bonds is 13. The summed E-state index contributed by atoms with van der Waals surface area (Å²) >= 11 is 0. The maximum absolute atomic E-state index is 11.8. The highest BCUT2D eigenvalue weighted by Crippen LogP contribution is 2.26. The van der Waals surface area contributed by atoms with Crippen molar-refractivity contribution < 1.29 is 28.5 Å². The molecule has 0 aromatic heterocycles. The van der Waals surface area contributed by atoms with Gasteiger partial charge in [-0.05, 0) is 49.6 Å². The zero-order chi connectivity index (χ0) is 21.6. The summed E-state index contributed by atoms with van der Waals surface area (Å²) in [5, 5.41) is 2.74. The van der Waals surface area contributed by atoms with Crippen molar-refractivity contribution in [1.29, 1.82) is 0 Å². The normalized spacial score (nSPS) is 10.2. The van der Waals surface area contributed by atoms with Gasteiger partial charge in [-0.15, -0.1) is 0 Å². The van der Waals surface area contributed by atoms with E-state index in [1.54, 1.807) is 7.11 Å². The predicted octanol–water partition coefficient (Wildman–Crippen LogP) is 3.16. The molecule has 1 amide bonds. The molecule has 0 spiro atoms. The van der Waals surface area contributed by atoms with Crippen LogP contribution in [0.25, 0.3) is 0 Å². The van der Waals surface area contributed by atoms with E-state index >= 15 is 0 Å². The minimum absolute atomic E-state index is 0.177. The summed E-state index contributed by atoms with van der Waals surface area (Å²) in [6, 6.07) is 15.0. The second kappa shape index (κ2) is 13.1. The van der Waals surface area contributed by atoms with Crippen LogP contribution in [-0.2, 0) is 20.7 Å². The predicted molar refractivity (Wildman–Crippen MR) is 113 cm³/mol. The molecule has 0 radical (unpaired) electrons. The lowest BCUT2D eigenvalue weighted by Crippen LogP contribution is -2.30. The summed E-state index contributed by atoms with van der Waals surface area (Å²) in [5.41, 5.74) is 1.08. The van der Waals surface area contributed by atoms with Gasteiger partial charge in [-0.2, -0.15) is 0 Å². The summed E-state index contributed by atoms with van der Waals surface area (Å²) in [5.74, 6) is 1.36. The fourth-order valence-electron chi connectivity index (χ4n) is 2.65. The van der Waals surface area contributed by atoms with Gasteiger partial charge in [-0.1, -0.05) is 24.3 Å². The SMILES string of the molecule is CCOc1ccccc1OCCCC(=O)OCC(=O)NCCc1ccc(OC)cc1. The third-order valence-corrected chi connectivity index (χ3v) is 4.19. The van der Waals surface area contributed by atoms with Crippen LogP contribution in [0.2, 0.25) is 0 Å². The topological polar surface area (TPSA) is 83.1 Å². The quantitative estimate of drug-likeness (QED) is 0.400. The molecule has 7 nitrogen and oxygen atoms in total. The Morgan fingerprint density at radius 1 is 0.967 bits per heavy atom. The van der Waals surface area contributed by atoms with Crippen LogP contribution >= 0.6 is 0 Å². The molecule has 2 aromatic carbocycles. The average molecular weight is 415 g/mol. The summed E-state index contributed by atoms with van der Waals surface area (Å²) < 4.78 is 21.3. The highest BCUT2D eigenvalue weighted by atomic mass is 16.5. The van der Waals surface area contributed by atoms with E-state index in [1.807, 2.05) is 55.5 Å². The van der Waals surface area contributed by atoms with Crippen molar-refractivity contribution in [3.8, 4) is 17.2 Å². The molecule has 0 unspecified atom stereocenters. The molecule has 162 valence electrons. The maximum Gasteiger partial charge on any atom is 0.306 e. The molecule has 0 heterocycles. The number of nitrogens with one attached hydrogen (secondary N) is 1. The largest absolute Gasteiger partial charge is 0.497 e. The number of amides is 1. The number of hydrogen-bond acceptors (Lipinski definition) is 6. The number of esters is 1. The molecule has 1 N–H and O–H groups in total. The van der Waals surface area contributed by atoms with Crippen molar-refractivity contribution in [2.75, 3.05) is 33.5 Å². The number of para-hydroxylation sites is 2. The van der Waals surface area contributed by atoms with Crippen LogP contribution in [0, 0.1) is 0 Å². The molecular weight excluding hydrogens is 386 g/mol. The van der Waals surface area contributed by atoms with E-state index in [9.17, 15) is 9.59 Å². The Hall–Kier alpha value is -3.22. The van der Waals surface area contributed by atoms with E-state index in [1.165, 1.54) is 0 Å². The van der Waals surface area contributed by atoms with Crippen molar-refractivity contribution >= 4 is 11.9 Å². The van der Waals surface area contributed by atoms with Gasteiger partial charge in [0, 0.05) is 13.0 Å². The Kier molecular flexibility index (Phi) is 10.1. The van der Waals surface area contributed by atoms with Crippen LogP contribution in [0.1, 0.15) is 25.3 Å². The molecule has 0 aliphatic carbocycles. The lowest BCUT2D eigenvalue weighted by Gasteiger charge is -2.11. The fourth-order valence-corrected chi connectivity index (χ4v) is 2.65. The number of carbonyl (C=O) groups excluding carboxylic acids is 2. The molecule has 2 aromatic rings. The third kappa shape index (κ3) is 8.43. The highest BCUT2D eigenvalue weighted by Gasteiger charge is 2.08. The van der Waals surface area contributed by atoms with Crippen LogP contribution in [0.5, 0.6) is 17.2 Å². The Balaban J connectivity index is 1.56. The molecule has 0 saturated carbocycles. The molecular formula is C23H29NO6. The zero-order valence-corrected chi connectivity index (χ0v) is 17.5. The number of ether oxygens (including phenoxy) is 4. The summed E-state index contributed by atoms with van der Waals surface area (Å²) in [6.45, 7) is 3.00. The number of carbonyl (C=O) groups is 2. The first kappa shape index (κ1) is 23.1. The highest BCUT2D eigenvalue weighted by molar-refractivity contribution is 5.80. The Bertz CT molecular complexity index is 791. The lowest BCUT2D eigenvalue weighted by molar-refractivity contribution is -0.148. The molecule has 2 rings (SSSR count). The second-order valence-corrected chi connectivity index (χ2v) is 6.44. The van der Waals surface area contributed by atoms with E-state index in [2.05, 4.69) is 5.32 Å². The Labute approximate surface area is 177 Å². The molecule has 30 heavy (non-hydrogen) atoms. The van der Waals surface area contributed by atoms with Crippen molar-refractivity contribution in [3.05, 3.63) is 54.1 Å². The van der Waals surface area contributed by atoms with Gasteiger partial charge in [0.1, 0.15) is 5.75 Å². The standard InChI is InChI=1S/C23H29NO6/c1-3-28-20-7-4-5-8-21(20)29-16-6-9-23(26)30-17-22(25)24-15-14-18-10-12-19(27-2)13-11-18/h4-5,7-8,10-13H,3,6,9,14-17H2,1-2H3,(H,24,25). The van der Waals surface area contributed by atoms with E-state index in [0.29, 0.717) is 44.1 Å². The first-order valence-electron chi connectivity index (χ1n) is 10.0. The van der Waals surface area contributed by atoms with Gasteiger partial charge in [0.2, 0.25) is 0 Å². The van der Waals surface area contributed by atoms with Gasteiger partial charge in [0.05, 0.1) is 20.3 Å². The first-order chi connectivity index (χ1) is 14.6. The fraction of sp³-hybridized carbons (Fsp3) is 0.391. The van der Waals surface area contributed by atoms with Crippen LogP contribution in [0.15, 0.2) is 48.5 Å². The third-order valence-electron chi connectivity index (χ3n) is 4.19. The summed E-state index contributed by atoms with van der Waals surface area (Å²) in [4.78, 5) is 23.6. The van der Waals surface area contributed by atoms with Gasteiger partial charge < -0.3 is 24.3 Å². The minimum Gasteiger partial charge on any atom is -0.497 e. The van der Waals surface area contributed by atoms with Gasteiger partial charge in [-0.3, -0.25) is 9.59 Å². The van der Waals surface area contributed by atoms with Crippen molar-refractivity contribution in [2.24, 2.45) is 0 Å². The van der Waals surface area contributed by atoms with Crippen LogP contribution in [-0.4, -0.2) is 45.4 Å². The summed E-state index contributed by atoms with van der Waals surface area (Å²) in [7, 11) is 1.62. The summed E-state index contributed by atoms with van der Waals surface area (Å²) in [6.07, 6.45) is 1.35. The Morgan fingerprint density at radius 2 is 1.67 bits per heavy atom. The zero-order valence-electron chi connectivity index (χ0n) is 17.5. The lowest BCUT2D eigenvalue weighted by atomic mass is 10.1. The van der Waals surface area contributed by atoms with Crippen molar-refractivity contribution in [2.45, 2.75) is 26.2 Å². The first-order valence-corrected chi connectivity index (χ1v) is 10.0. The van der Waals surface area contributed by atoms with Crippen LogP contribution in [0.3, 0.4) is 0 Å². The van der Waals surface area contributed by atoms with E-state index in [0.717, 1.165) is 11.3 Å². The monoisotopic (exact) mass is 415 g/mol. The second-order valence-electron chi connectivity index (χ2n) is 6.44. The van der Waals surface area contributed by atoms with Gasteiger partial charge >= 0.3 is 5.97 Å². The maximum atomic E-state index is 11.8. The van der Waals surface area contributed by atoms with E-state index in [4.69, 9.17) is 18.9 Å². The molecule has 0 aliphatic rings. The molecule has 0 saturated heterocycles. The van der Waals surface area contributed by atoms with Crippen molar-refractivity contribution in [1.82, 2.24) is 5.32 Å². The van der Waals surface area contributed by atoms with Crippen LogP contribution in [0.4, 0.5) is 0 Å². The van der Waals surface area contributed by atoms with Gasteiger partial charge in [0.15, 0.2) is 18.1 Å². The van der Waals surface area contributed by atoms with Crippen molar-refractivity contribution in [3.63, 3.8) is 0 Å². The van der Waals surface area contributed by atoms with E-state index in [-0.39, 0.29) is 18.9 Å². The molecule has 0 bridgehead atoms. The van der Waals surface area contributed by atoms with Crippen LogP contribution < -0.4 is 19.5 Å². The molecule has 7 heteroatoms. The molecule has 0 fully saturated rings. The molecule has 0 atom stereocenters. The number of methoxy groups -OCH3 is 1. The number of benzene rings is 2. The smallest absolute Gasteiger partial charge is 0.306 e. The average Bonchev–Trinajstić information content (AvgIpc) is 2.77. The van der Waals surface area contributed by atoms with E-state index < -0.39 is 5.97 Å². The van der Waals surface area contributed by atoms with Gasteiger partial charge in [0.25, 0.3) is 5.91 Å². The minimum atomic E-state index is -0.429. The Morgan fingerprint density at radius 3 is 2.33 bits per heavy atom. The van der Waals surface area contributed by atoms with Gasteiger partial charge in [-0.25, -0.2) is 0 Å². The molecule has 0 aliphatic heterocycles.